The summed E-state index contributed by atoms with van der Waals surface area (Å²) in [5, 5.41) is 12.9. The summed E-state index contributed by atoms with van der Waals surface area (Å²) in [6.07, 6.45) is 3.23. The van der Waals surface area contributed by atoms with Crippen molar-refractivity contribution in [2.24, 2.45) is 0 Å². The number of H-pyrrole nitrogens is 2. The highest BCUT2D eigenvalue weighted by Gasteiger charge is 2.17. The third-order valence-electron chi connectivity index (χ3n) is 3.35. The van der Waals surface area contributed by atoms with Crippen molar-refractivity contribution in [1.82, 2.24) is 20.5 Å². The second-order valence-electron chi connectivity index (χ2n) is 5.52. The highest BCUT2D eigenvalue weighted by Crippen LogP contribution is 2.17. The van der Waals surface area contributed by atoms with Crippen LogP contribution in [0.2, 0.25) is 0 Å². The van der Waals surface area contributed by atoms with Gasteiger partial charge >= 0.3 is 0 Å². The van der Waals surface area contributed by atoms with E-state index in [-0.39, 0.29) is 23.6 Å². The molecule has 23 heavy (non-hydrogen) atoms. The highest BCUT2D eigenvalue weighted by atomic mass is 16.2. The van der Waals surface area contributed by atoms with Gasteiger partial charge in [-0.15, -0.1) is 0 Å². The van der Waals surface area contributed by atoms with Crippen LogP contribution in [-0.4, -0.2) is 33.0 Å². The topological polar surface area (TPSA) is 103 Å². The quantitative estimate of drug-likeness (QED) is 0.594. The molecule has 0 aliphatic rings. The van der Waals surface area contributed by atoms with Crippen LogP contribution in [0.3, 0.4) is 0 Å². The lowest BCUT2D eigenvalue weighted by molar-refractivity contribution is 0.0939. The monoisotopic (exact) mass is 311 g/mol. The van der Waals surface area contributed by atoms with Crippen LogP contribution < -0.4 is 10.6 Å². The summed E-state index contributed by atoms with van der Waals surface area (Å²) in [7, 11) is 0. The maximum atomic E-state index is 12.4. The number of anilines is 1. The lowest BCUT2D eigenvalue weighted by atomic mass is 10.1. The first kappa shape index (κ1) is 14.8. The fourth-order valence-corrected chi connectivity index (χ4v) is 2.28. The number of nitrogens with zero attached hydrogens (tertiary/aromatic N) is 1. The third kappa shape index (κ3) is 3.08. The van der Waals surface area contributed by atoms with Crippen LogP contribution in [0.5, 0.6) is 0 Å². The van der Waals surface area contributed by atoms with E-state index in [1.807, 2.05) is 32.2 Å². The van der Waals surface area contributed by atoms with Gasteiger partial charge in [-0.3, -0.25) is 14.7 Å². The molecule has 3 aromatic rings. The fraction of sp³-hybridized carbons (Fsp3) is 0.188. The molecule has 3 rings (SSSR count). The molecular weight excluding hydrogens is 294 g/mol. The van der Waals surface area contributed by atoms with E-state index in [9.17, 15) is 9.59 Å². The van der Waals surface area contributed by atoms with Crippen molar-refractivity contribution in [3.05, 3.63) is 47.9 Å². The van der Waals surface area contributed by atoms with Crippen LogP contribution in [0.25, 0.3) is 10.9 Å². The summed E-state index contributed by atoms with van der Waals surface area (Å²) in [6, 6.07) is 7.24. The molecule has 2 aromatic heterocycles. The Labute approximate surface area is 132 Å². The number of fused-ring (bicyclic) bond motifs is 1. The van der Waals surface area contributed by atoms with Gasteiger partial charge < -0.3 is 15.6 Å². The van der Waals surface area contributed by atoms with E-state index in [4.69, 9.17) is 0 Å². The number of aromatic amines is 2. The van der Waals surface area contributed by atoms with Gasteiger partial charge in [-0.1, -0.05) is 0 Å². The van der Waals surface area contributed by atoms with E-state index in [1.54, 1.807) is 12.1 Å². The first-order chi connectivity index (χ1) is 11.0. The Balaban J connectivity index is 1.80. The molecule has 0 fully saturated rings. The molecule has 7 heteroatoms. The third-order valence-corrected chi connectivity index (χ3v) is 3.35. The van der Waals surface area contributed by atoms with Crippen molar-refractivity contribution < 1.29 is 9.59 Å². The van der Waals surface area contributed by atoms with Crippen LogP contribution in [0.15, 0.2) is 36.7 Å². The average molecular weight is 311 g/mol. The number of benzene rings is 1. The largest absolute Gasteiger partial charge is 0.361 e. The van der Waals surface area contributed by atoms with Crippen LogP contribution in [0, 0.1) is 0 Å². The van der Waals surface area contributed by atoms with Crippen molar-refractivity contribution in [2.45, 2.75) is 19.9 Å². The number of rotatable bonds is 4. The van der Waals surface area contributed by atoms with E-state index in [0.29, 0.717) is 11.3 Å². The average Bonchev–Trinajstić information content (AvgIpc) is 3.13. The standard InChI is InChI=1S/C16H17N5O2/c1-9(2)19-16(23)14-13(8-18-21-14)20-15(22)11-3-4-12-10(7-11)5-6-17-12/h3-9,17H,1-2H3,(H,18,21)(H,19,23)(H,20,22). The Morgan fingerprint density at radius 3 is 2.78 bits per heavy atom. The minimum Gasteiger partial charge on any atom is -0.361 e. The number of amides is 2. The van der Waals surface area contributed by atoms with E-state index in [0.717, 1.165) is 10.9 Å². The van der Waals surface area contributed by atoms with Crippen LogP contribution in [-0.2, 0) is 0 Å². The van der Waals surface area contributed by atoms with Crippen molar-refractivity contribution >= 4 is 28.4 Å². The molecule has 7 nitrogen and oxygen atoms in total. The SMILES string of the molecule is CC(C)NC(=O)c1[nH]ncc1NC(=O)c1ccc2[nH]ccc2c1. The van der Waals surface area contributed by atoms with E-state index >= 15 is 0 Å². The van der Waals surface area contributed by atoms with E-state index in [2.05, 4.69) is 25.8 Å². The fourth-order valence-electron chi connectivity index (χ4n) is 2.28. The van der Waals surface area contributed by atoms with Gasteiger partial charge in [0.15, 0.2) is 0 Å². The molecule has 0 aliphatic heterocycles. The Morgan fingerprint density at radius 1 is 1.17 bits per heavy atom. The Hall–Kier alpha value is -3.09. The highest BCUT2D eigenvalue weighted by molar-refractivity contribution is 6.09. The second kappa shape index (κ2) is 5.96. The van der Waals surface area contributed by atoms with E-state index in [1.165, 1.54) is 6.20 Å². The molecule has 0 radical (unpaired) electrons. The maximum absolute atomic E-state index is 12.4. The summed E-state index contributed by atoms with van der Waals surface area (Å²) in [5.41, 5.74) is 2.05. The zero-order chi connectivity index (χ0) is 16.4. The summed E-state index contributed by atoms with van der Waals surface area (Å²) in [5.74, 6) is -0.609. The van der Waals surface area contributed by atoms with Gasteiger partial charge in [0.05, 0.1) is 11.9 Å². The molecule has 0 saturated heterocycles. The van der Waals surface area contributed by atoms with Gasteiger partial charge in [0.1, 0.15) is 5.69 Å². The number of hydrogen-bond donors (Lipinski definition) is 4. The molecule has 0 atom stereocenters. The second-order valence-corrected chi connectivity index (χ2v) is 5.52. The maximum Gasteiger partial charge on any atom is 0.271 e. The molecule has 0 saturated carbocycles. The number of aromatic nitrogens is 3. The van der Waals surface area contributed by atoms with Crippen LogP contribution in [0.1, 0.15) is 34.7 Å². The van der Waals surface area contributed by atoms with Crippen molar-refractivity contribution in [3.8, 4) is 0 Å². The molecule has 0 spiro atoms. The zero-order valence-corrected chi connectivity index (χ0v) is 12.8. The molecule has 0 aliphatic carbocycles. The first-order valence-corrected chi connectivity index (χ1v) is 7.27. The van der Waals surface area contributed by atoms with Gasteiger partial charge in [0.2, 0.25) is 0 Å². The van der Waals surface area contributed by atoms with Gasteiger partial charge in [-0.05, 0) is 38.1 Å². The van der Waals surface area contributed by atoms with Crippen molar-refractivity contribution in [2.75, 3.05) is 5.32 Å². The Morgan fingerprint density at radius 2 is 2.00 bits per heavy atom. The number of hydrogen-bond acceptors (Lipinski definition) is 3. The molecule has 2 heterocycles. The molecule has 4 N–H and O–H groups in total. The molecule has 118 valence electrons. The number of carbonyl (C=O) groups is 2. The van der Waals surface area contributed by atoms with E-state index < -0.39 is 0 Å². The smallest absolute Gasteiger partial charge is 0.271 e. The number of carbonyl (C=O) groups excluding carboxylic acids is 2. The Kier molecular flexibility index (Phi) is 3.84. The predicted molar refractivity (Wildman–Crippen MR) is 87.4 cm³/mol. The van der Waals surface area contributed by atoms with Gasteiger partial charge in [-0.2, -0.15) is 5.10 Å². The minimum atomic E-state index is -0.311. The molecule has 0 bridgehead atoms. The summed E-state index contributed by atoms with van der Waals surface area (Å²) >= 11 is 0. The van der Waals surface area contributed by atoms with Crippen molar-refractivity contribution in [3.63, 3.8) is 0 Å². The summed E-state index contributed by atoms with van der Waals surface area (Å²) in [4.78, 5) is 27.5. The molecule has 1 aromatic carbocycles. The van der Waals surface area contributed by atoms with Gasteiger partial charge in [0, 0.05) is 28.7 Å². The number of nitrogens with one attached hydrogen (secondary N) is 4. The summed E-state index contributed by atoms with van der Waals surface area (Å²) < 4.78 is 0. The van der Waals surface area contributed by atoms with Crippen LogP contribution in [0.4, 0.5) is 5.69 Å². The van der Waals surface area contributed by atoms with Gasteiger partial charge in [0.25, 0.3) is 11.8 Å². The first-order valence-electron chi connectivity index (χ1n) is 7.27. The summed E-state index contributed by atoms with van der Waals surface area (Å²) in [6.45, 7) is 3.72. The molecular formula is C16H17N5O2. The van der Waals surface area contributed by atoms with Crippen molar-refractivity contribution in [1.29, 1.82) is 0 Å². The zero-order valence-electron chi connectivity index (χ0n) is 12.8. The molecule has 2 amide bonds. The Bertz CT molecular complexity index is 862. The lowest BCUT2D eigenvalue weighted by Crippen LogP contribution is -2.31. The van der Waals surface area contributed by atoms with Crippen LogP contribution >= 0.6 is 0 Å². The minimum absolute atomic E-state index is 0.00894. The predicted octanol–water partition coefficient (Wildman–Crippen LogP) is 2.28. The lowest BCUT2D eigenvalue weighted by Gasteiger charge is -2.09. The van der Waals surface area contributed by atoms with Gasteiger partial charge in [-0.25, -0.2) is 0 Å². The normalized spacial score (nSPS) is 10.9. The molecule has 0 unspecified atom stereocenters.